The molecule has 1 atom stereocenters. The minimum Gasteiger partial charge on any atom is -0.313 e. The highest BCUT2D eigenvalue weighted by Crippen LogP contribution is 2.17. The number of amides is 2. The smallest absolute Gasteiger partial charge is 0.313 e. The van der Waals surface area contributed by atoms with Gasteiger partial charge in [-0.15, -0.1) is 0 Å². The summed E-state index contributed by atoms with van der Waals surface area (Å²) in [6.45, 7) is 2.05. The minimum absolute atomic E-state index is 0.222. The van der Waals surface area contributed by atoms with Crippen molar-refractivity contribution in [1.82, 2.24) is 15.3 Å². The Bertz CT molecular complexity index is 573. The van der Waals surface area contributed by atoms with Crippen molar-refractivity contribution >= 4 is 17.5 Å². The Morgan fingerprint density at radius 2 is 2.10 bits per heavy atom. The van der Waals surface area contributed by atoms with Crippen LogP contribution in [0.15, 0.2) is 42.9 Å². The number of carbonyl (C=O) groups is 1. The molecule has 0 aliphatic rings. The first-order valence-electron chi connectivity index (χ1n) is 6.30. The monoisotopic (exact) mass is 271 g/mol. The van der Waals surface area contributed by atoms with Crippen molar-refractivity contribution in [3.63, 3.8) is 0 Å². The van der Waals surface area contributed by atoms with Gasteiger partial charge in [0.15, 0.2) is 5.82 Å². The van der Waals surface area contributed by atoms with Crippen molar-refractivity contribution in [2.75, 3.05) is 17.7 Å². The lowest BCUT2D eigenvalue weighted by Gasteiger charge is -2.12. The molecule has 0 spiro atoms. The molecule has 2 rings (SSSR count). The Kier molecular flexibility index (Phi) is 4.62. The van der Waals surface area contributed by atoms with Gasteiger partial charge in [-0.2, -0.15) is 0 Å². The second-order valence-electron chi connectivity index (χ2n) is 4.31. The maximum absolute atomic E-state index is 11.8. The van der Waals surface area contributed by atoms with Gasteiger partial charge in [-0.25, -0.2) is 9.78 Å². The normalized spacial score (nSPS) is 11.7. The maximum Gasteiger partial charge on any atom is 0.324 e. The largest absolute Gasteiger partial charge is 0.324 e. The SMILES string of the molecule is CNC(C)c1cccc(NC(=O)Nc2cnccn2)c1. The number of nitrogens with zero attached hydrogens (tertiary/aromatic N) is 2. The Hall–Kier alpha value is -2.47. The van der Waals surface area contributed by atoms with Crippen LogP contribution in [0.25, 0.3) is 0 Å². The van der Waals surface area contributed by atoms with Crippen molar-refractivity contribution in [2.45, 2.75) is 13.0 Å². The molecule has 2 amide bonds. The fourth-order valence-corrected chi connectivity index (χ4v) is 1.69. The fourth-order valence-electron chi connectivity index (χ4n) is 1.69. The third-order valence-electron chi connectivity index (χ3n) is 2.88. The summed E-state index contributed by atoms with van der Waals surface area (Å²) in [4.78, 5) is 19.7. The van der Waals surface area contributed by atoms with Gasteiger partial charge in [0, 0.05) is 24.1 Å². The van der Waals surface area contributed by atoms with Crippen LogP contribution in [-0.2, 0) is 0 Å². The van der Waals surface area contributed by atoms with Crippen LogP contribution in [0.2, 0.25) is 0 Å². The van der Waals surface area contributed by atoms with Gasteiger partial charge in [-0.1, -0.05) is 12.1 Å². The van der Waals surface area contributed by atoms with Crippen molar-refractivity contribution < 1.29 is 4.79 Å². The lowest BCUT2D eigenvalue weighted by Crippen LogP contribution is -2.20. The number of carbonyl (C=O) groups excluding carboxylic acids is 1. The number of benzene rings is 1. The molecule has 1 heterocycles. The van der Waals surface area contributed by atoms with Crippen LogP contribution < -0.4 is 16.0 Å². The van der Waals surface area contributed by atoms with Crippen LogP contribution in [0.4, 0.5) is 16.3 Å². The van der Waals surface area contributed by atoms with Crippen LogP contribution in [0.5, 0.6) is 0 Å². The maximum atomic E-state index is 11.8. The molecule has 0 bridgehead atoms. The number of nitrogens with one attached hydrogen (secondary N) is 3. The summed E-state index contributed by atoms with van der Waals surface area (Å²) in [5.74, 6) is 0.407. The van der Waals surface area contributed by atoms with Crippen LogP contribution in [0.3, 0.4) is 0 Å². The molecular formula is C14H17N5O. The Balaban J connectivity index is 2.01. The third kappa shape index (κ3) is 3.76. The standard InChI is InChI=1S/C14H17N5O/c1-10(15-2)11-4-3-5-12(8-11)18-14(20)19-13-9-16-6-7-17-13/h3-10,15H,1-2H3,(H2,17,18,19,20). The minimum atomic E-state index is -0.347. The van der Waals surface area contributed by atoms with Crippen molar-refractivity contribution in [3.8, 4) is 0 Å². The summed E-state index contributed by atoms with van der Waals surface area (Å²) in [6, 6.07) is 7.55. The van der Waals surface area contributed by atoms with Gasteiger partial charge in [0.25, 0.3) is 0 Å². The van der Waals surface area contributed by atoms with E-state index in [1.165, 1.54) is 12.4 Å². The van der Waals surface area contributed by atoms with E-state index in [9.17, 15) is 4.79 Å². The summed E-state index contributed by atoms with van der Waals surface area (Å²) in [7, 11) is 1.89. The zero-order valence-corrected chi connectivity index (χ0v) is 11.4. The van der Waals surface area contributed by atoms with E-state index >= 15 is 0 Å². The van der Waals surface area contributed by atoms with E-state index < -0.39 is 0 Å². The van der Waals surface area contributed by atoms with Crippen LogP contribution >= 0.6 is 0 Å². The topological polar surface area (TPSA) is 78.9 Å². The molecular weight excluding hydrogens is 254 g/mol. The van der Waals surface area contributed by atoms with Gasteiger partial charge >= 0.3 is 6.03 Å². The second kappa shape index (κ2) is 6.63. The summed E-state index contributed by atoms with van der Waals surface area (Å²) >= 11 is 0. The number of anilines is 2. The van der Waals surface area contributed by atoms with E-state index in [1.807, 2.05) is 31.3 Å². The zero-order chi connectivity index (χ0) is 14.4. The van der Waals surface area contributed by atoms with Gasteiger partial charge in [-0.3, -0.25) is 10.3 Å². The highest BCUT2D eigenvalue weighted by atomic mass is 16.2. The Morgan fingerprint density at radius 3 is 2.80 bits per heavy atom. The summed E-state index contributed by atoms with van der Waals surface area (Å²) in [5.41, 5.74) is 1.83. The lowest BCUT2D eigenvalue weighted by atomic mass is 10.1. The van der Waals surface area contributed by atoms with E-state index in [-0.39, 0.29) is 12.1 Å². The number of urea groups is 1. The number of rotatable bonds is 4. The molecule has 0 saturated carbocycles. The second-order valence-corrected chi connectivity index (χ2v) is 4.31. The van der Waals surface area contributed by atoms with Gasteiger partial charge in [0.2, 0.25) is 0 Å². The van der Waals surface area contributed by atoms with E-state index in [4.69, 9.17) is 0 Å². The first kappa shape index (κ1) is 14.0. The average molecular weight is 271 g/mol. The first-order valence-corrected chi connectivity index (χ1v) is 6.30. The van der Waals surface area contributed by atoms with Crippen molar-refractivity contribution in [2.24, 2.45) is 0 Å². The Labute approximate surface area is 117 Å². The predicted octanol–water partition coefficient (Wildman–Crippen LogP) is 2.40. The molecule has 6 heteroatoms. The van der Waals surface area contributed by atoms with Gasteiger partial charge in [-0.05, 0) is 31.7 Å². The first-order chi connectivity index (χ1) is 9.69. The van der Waals surface area contributed by atoms with Gasteiger partial charge in [0.1, 0.15) is 0 Å². The molecule has 3 N–H and O–H groups in total. The van der Waals surface area contributed by atoms with E-state index in [0.29, 0.717) is 5.82 Å². The van der Waals surface area contributed by atoms with Crippen LogP contribution in [-0.4, -0.2) is 23.0 Å². The van der Waals surface area contributed by atoms with Crippen molar-refractivity contribution in [1.29, 1.82) is 0 Å². The molecule has 2 aromatic rings. The highest BCUT2D eigenvalue weighted by Gasteiger charge is 2.06. The quantitative estimate of drug-likeness (QED) is 0.797. The predicted molar refractivity (Wildman–Crippen MR) is 78.6 cm³/mol. The van der Waals surface area contributed by atoms with E-state index in [2.05, 4.69) is 32.8 Å². The molecule has 0 fully saturated rings. The van der Waals surface area contributed by atoms with E-state index in [0.717, 1.165) is 11.3 Å². The van der Waals surface area contributed by atoms with E-state index in [1.54, 1.807) is 6.20 Å². The number of aromatic nitrogens is 2. The summed E-state index contributed by atoms with van der Waals surface area (Å²) in [6.07, 6.45) is 4.55. The van der Waals surface area contributed by atoms with Gasteiger partial charge in [0.05, 0.1) is 6.20 Å². The molecule has 0 aliphatic heterocycles. The number of hydrogen-bond acceptors (Lipinski definition) is 4. The Morgan fingerprint density at radius 1 is 1.25 bits per heavy atom. The van der Waals surface area contributed by atoms with Crippen molar-refractivity contribution in [3.05, 3.63) is 48.4 Å². The van der Waals surface area contributed by atoms with Crippen LogP contribution in [0, 0.1) is 0 Å². The third-order valence-corrected chi connectivity index (χ3v) is 2.88. The molecule has 0 saturated heterocycles. The lowest BCUT2D eigenvalue weighted by molar-refractivity contribution is 0.262. The molecule has 1 unspecified atom stereocenters. The fraction of sp³-hybridized carbons (Fsp3) is 0.214. The molecule has 1 aromatic carbocycles. The zero-order valence-electron chi connectivity index (χ0n) is 11.4. The van der Waals surface area contributed by atoms with Crippen LogP contribution in [0.1, 0.15) is 18.5 Å². The molecule has 104 valence electrons. The van der Waals surface area contributed by atoms with Gasteiger partial charge < -0.3 is 10.6 Å². The molecule has 0 aliphatic carbocycles. The number of hydrogen-bond donors (Lipinski definition) is 3. The molecule has 1 aromatic heterocycles. The molecule has 0 radical (unpaired) electrons. The molecule has 6 nitrogen and oxygen atoms in total. The summed E-state index contributed by atoms with van der Waals surface area (Å²) < 4.78 is 0. The average Bonchev–Trinajstić information content (AvgIpc) is 2.47. The molecule has 20 heavy (non-hydrogen) atoms. The summed E-state index contributed by atoms with van der Waals surface area (Å²) in [5, 5.41) is 8.53. The highest BCUT2D eigenvalue weighted by molar-refractivity contribution is 5.99.